The van der Waals surface area contributed by atoms with E-state index in [-0.39, 0.29) is 0 Å². The zero-order valence-corrected chi connectivity index (χ0v) is 15.4. The normalized spacial score (nSPS) is 13.8. The topological polar surface area (TPSA) is 57.6 Å². The van der Waals surface area contributed by atoms with Gasteiger partial charge in [-0.3, -0.25) is 0 Å². The first-order valence-corrected chi connectivity index (χ1v) is 9.97. The fourth-order valence-corrected chi connectivity index (χ4v) is 4.53. The van der Waals surface area contributed by atoms with Crippen molar-refractivity contribution in [2.45, 2.75) is 10.8 Å². The van der Waals surface area contributed by atoms with Gasteiger partial charge in [-0.2, -0.15) is 0 Å². The van der Waals surface area contributed by atoms with Crippen LogP contribution in [0.5, 0.6) is 0 Å². The molecular formula is C20H18ClNO3S. The molecule has 0 bridgehead atoms. The van der Waals surface area contributed by atoms with Crippen LogP contribution < -0.4 is 4.31 Å². The predicted molar refractivity (Wildman–Crippen MR) is 105 cm³/mol. The summed E-state index contributed by atoms with van der Waals surface area (Å²) in [4.78, 5) is 0. The fraction of sp³-hybridized carbons (Fsp3) is 0.100. The number of alkyl halides is 1. The number of para-hydroxylation sites is 2. The highest BCUT2D eigenvalue weighted by Crippen LogP contribution is 2.35. The summed E-state index contributed by atoms with van der Waals surface area (Å²) < 4.78 is 26.2. The number of hydrogen-bond acceptors (Lipinski definition) is 3. The largest absolute Gasteiger partial charge is 0.386 e. The minimum Gasteiger partial charge on any atom is -0.386 e. The summed E-state index contributed by atoms with van der Waals surface area (Å²) in [6.07, 6.45) is -1.36. The molecule has 3 aromatic carbocycles. The summed E-state index contributed by atoms with van der Waals surface area (Å²) >= 11 is 6.27. The molecule has 4 nitrogen and oxygen atoms in total. The molecule has 3 rings (SSSR count). The molecule has 0 aliphatic heterocycles. The Hall–Kier alpha value is -2.34. The molecule has 2 atom stereocenters. The molecular weight excluding hydrogens is 370 g/mol. The van der Waals surface area contributed by atoms with Crippen LogP contribution in [0.4, 0.5) is 11.4 Å². The number of aliphatic hydroxyl groups is 1. The van der Waals surface area contributed by atoms with Crippen molar-refractivity contribution in [1.29, 1.82) is 0 Å². The first-order chi connectivity index (χ1) is 12.5. The molecule has 6 heteroatoms. The summed E-state index contributed by atoms with van der Waals surface area (Å²) in [5.74, 6) is 0. The second kappa shape index (κ2) is 7.91. The number of anilines is 2. The summed E-state index contributed by atoms with van der Waals surface area (Å²) in [6, 6.07) is 25.8. The molecule has 1 N–H and O–H groups in total. The average Bonchev–Trinajstić information content (AvgIpc) is 2.69. The van der Waals surface area contributed by atoms with Crippen molar-refractivity contribution < 1.29 is 13.5 Å². The van der Waals surface area contributed by atoms with Crippen LogP contribution >= 0.6 is 11.6 Å². The molecule has 0 fully saturated rings. The molecule has 0 aromatic heterocycles. The number of sulfonamides is 1. The Bertz CT molecular complexity index is 895. The van der Waals surface area contributed by atoms with E-state index in [1.54, 1.807) is 91.0 Å². The Labute approximate surface area is 158 Å². The third-order valence-electron chi connectivity index (χ3n) is 3.91. The third kappa shape index (κ3) is 3.75. The Balaban J connectivity index is 2.05. The van der Waals surface area contributed by atoms with Crippen LogP contribution in [0.1, 0.15) is 11.7 Å². The van der Waals surface area contributed by atoms with Crippen molar-refractivity contribution in [2.24, 2.45) is 0 Å². The van der Waals surface area contributed by atoms with E-state index < -0.39 is 20.8 Å². The van der Waals surface area contributed by atoms with Gasteiger partial charge in [-0.05, 0) is 29.8 Å². The lowest BCUT2D eigenvalue weighted by Crippen LogP contribution is -2.36. The summed E-state index contributed by atoms with van der Waals surface area (Å²) in [5.41, 5.74) is 1.34. The van der Waals surface area contributed by atoms with Gasteiger partial charge < -0.3 is 5.11 Å². The maximum absolute atomic E-state index is 13.3. The van der Waals surface area contributed by atoms with Crippen LogP contribution in [0.25, 0.3) is 0 Å². The molecule has 0 heterocycles. The predicted octanol–water partition coefficient (Wildman–Crippen LogP) is 4.45. The smallest absolute Gasteiger partial charge is 0.259 e. The molecule has 0 saturated heterocycles. The standard InChI is InChI=1S/C20H18ClNO3S/c21-20(19(23)16-10-4-1-5-11-16)26(24,25)22(17-12-6-2-7-13-17)18-14-8-3-9-15-18/h1-15,19-20,23H/t19-,20-/m1/s1. The molecule has 134 valence electrons. The quantitative estimate of drug-likeness (QED) is 0.635. The van der Waals surface area contributed by atoms with Gasteiger partial charge in [0.05, 0.1) is 11.4 Å². The molecule has 0 spiro atoms. The monoisotopic (exact) mass is 387 g/mol. The molecule has 0 radical (unpaired) electrons. The van der Waals surface area contributed by atoms with Crippen molar-refractivity contribution in [1.82, 2.24) is 0 Å². The summed E-state index contributed by atoms with van der Waals surface area (Å²) in [6.45, 7) is 0. The van der Waals surface area contributed by atoms with E-state index in [9.17, 15) is 13.5 Å². The van der Waals surface area contributed by atoms with Crippen molar-refractivity contribution in [3.8, 4) is 0 Å². The second-order valence-electron chi connectivity index (χ2n) is 5.69. The van der Waals surface area contributed by atoms with Crippen LogP contribution in [-0.4, -0.2) is 18.2 Å². The van der Waals surface area contributed by atoms with Gasteiger partial charge in [-0.1, -0.05) is 66.7 Å². The third-order valence-corrected chi connectivity index (χ3v) is 6.58. The lowest BCUT2D eigenvalue weighted by Gasteiger charge is -2.29. The maximum Gasteiger partial charge on any atom is 0.259 e. The van der Waals surface area contributed by atoms with Crippen LogP contribution in [-0.2, 0) is 10.0 Å². The zero-order valence-electron chi connectivity index (χ0n) is 13.8. The van der Waals surface area contributed by atoms with Crippen LogP contribution in [0.3, 0.4) is 0 Å². The molecule has 3 aromatic rings. The minimum atomic E-state index is -4.11. The Morgan fingerprint density at radius 2 is 1.12 bits per heavy atom. The molecule has 26 heavy (non-hydrogen) atoms. The Morgan fingerprint density at radius 3 is 1.54 bits per heavy atom. The summed E-state index contributed by atoms with van der Waals surface area (Å²) in [7, 11) is -4.11. The maximum atomic E-state index is 13.3. The Morgan fingerprint density at radius 1 is 0.731 bits per heavy atom. The highest BCUT2D eigenvalue weighted by atomic mass is 35.5. The second-order valence-corrected chi connectivity index (χ2v) is 8.32. The van der Waals surface area contributed by atoms with Gasteiger partial charge in [0, 0.05) is 0 Å². The lowest BCUT2D eigenvalue weighted by molar-refractivity contribution is 0.191. The van der Waals surface area contributed by atoms with E-state index in [4.69, 9.17) is 11.6 Å². The number of aliphatic hydroxyl groups excluding tert-OH is 1. The molecule has 0 unspecified atom stereocenters. The van der Waals surface area contributed by atoms with Gasteiger partial charge in [0.25, 0.3) is 10.0 Å². The van der Waals surface area contributed by atoms with Crippen LogP contribution in [0.15, 0.2) is 91.0 Å². The SMILES string of the molecule is O=S(=O)([C@@H](Cl)[C@H](O)c1ccccc1)N(c1ccccc1)c1ccccc1. The molecule has 0 aliphatic rings. The van der Waals surface area contributed by atoms with Gasteiger partial charge in [0.15, 0.2) is 4.71 Å². The first-order valence-electron chi connectivity index (χ1n) is 8.03. The fourth-order valence-electron chi connectivity index (χ4n) is 2.63. The first kappa shape index (κ1) is 18.5. The number of benzene rings is 3. The number of halogens is 1. The number of hydrogen-bond donors (Lipinski definition) is 1. The van der Waals surface area contributed by atoms with Crippen LogP contribution in [0, 0.1) is 0 Å². The lowest BCUT2D eigenvalue weighted by atomic mass is 10.1. The van der Waals surface area contributed by atoms with Crippen molar-refractivity contribution in [3.63, 3.8) is 0 Å². The number of rotatable bonds is 6. The van der Waals surface area contributed by atoms with Crippen molar-refractivity contribution in [2.75, 3.05) is 4.31 Å². The van der Waals surface area contributed by atoms with E-state index in [2.05, 4.69) is 0 Å². The minimum absolute atomic E-state index is 0.442. The van der Waals surface area contributed by atoms with E-state index in [1.807, 2.05) is 0 Å². The number of nitrogens with zero attached hydrogens (tertiary/aromatic N) is 1. The van der Waals surface area contributed by atoms with Gasteiger partial charge in [0.2, 0.25) is 0 Å². The van der Waals surface area contributed by atoms with E-state index in [1.165, 1.54) is 0 Å². The summed E-state index contributed by atoms with van der Waals surface area (Å²) in [5, 5.41) is 10.5. The molecule has 0 saturated carbocycles. The van der Waals surface area contributed by atoms with Gasteiger partial charge in [-0.15, -0.1) is 11.6 Å². The average molecular weight is 388 g/mol. The van der Waals surface area contributed by atoms with E-state index in [0.717, 1.165) is 4.31 Å². The Kier molecular flexibility index (Phi) is 5.61. The van der Waals surface area contributed by atoms with E-state index in [0.29, 0.717) is 16.9 Å². The van der Waals surface area contributed by atoms with Crippen LogP contribution in [0.2, 0.25) is 0 Å². The molecule has 0 amide bonds. The van der Waals surface area contributed by atoms with Gasteiger partial charge >= 0.3 is 0 Å². The zero-order chi connectivity index (χ0) is 18.6. The van der Waals surface area contributed by atoms with Gasteiger partial charge in [-0.25, -0.2) is 12.7 Å². The highest BCUT2D eigenvalue weighted by Gasteiger charge is 2.37. The van der Waals surface area contributed by atoms with Crippen molar-refractivity contribution >= 4 is 33.0 Å². The highest BCUT2D eigenvalue weighted by molar-refractivity contribution is 7.95. The van der Waals surface area contributed by atoms with E-state index >= 15 is 0 Å². The van der Waals surface area contributed by atoms with Gasteiger partial charge in [0.1, 0.15) is 6.10 Å². The van der Waals surface area contributed by atoms with Crippen molar-refractivity contribution in [3.05, 3.63) is 96.6 Å². The molecule has 0 aliphatic carbocycles.